The van der Waals surface area contributed by atoms with Crippen molar-refractivity contribution < 1.29 is 9.59 Å². The van der Waals surface area contributed by atoms with Crippen LogP contribution in [-0.2, 0) is 16.0 Å². The molecule has 3 rings (SSSR count). The summed E-state index contributed by atoms with van der Waals surface area (Å²) in [5.74, 6) is 0.538. The number of aromatic nitrogens is 1. The first-order chi connectivity index (χ1) is 14.1. The number of nitrogens with zero attached hydrogens (tertiary/aromatic N) is 2. The fourth-order valence-electron chi connectivity index (χ4n) is 4.49. The highest BCUT2D eigenvalue weighted by Crippen LogP contribution is 2.30. The molecule has 0 aromatic carbocycles. The average molecular weight is 398 g/mol. The van der Waals surface area contributed by atoms with Gasteiger partial charge in [0.1, 0.15) is 0 Å². The van der Waals surface area contributed by atoms with Crippen molar-refractivity contribution in [2.75, 3.05) is 20.1 Å². The zero-order valence-electron chi connectivity index (χ0n) is 17.7. The van der Waals surface area contributed by atoms with Gasteiger partial charge < -0.3 is 10.2 Å². The zero-order valence-corrected chi connectivity index (χ0v) is 17.7. The first kappa shape index (κ1) is 21.5. The second kappa shape index (κ2) is 11.1. The van der Waals surface area contributed by atoms with E-state index in [0.29, 0.717) is 0 Å². The maximum atomic E-state index is 12.7. The zero-order chi connectivity index (χ0) is 20.5. The van der Waals surface area contributed by atoms with Gasteiger partial charge in [0.05, 0.1) is 0 Å². The second-order valence-corrected chi connectivity index (χ2v) is 8.56. The predicted octanol–water partition coefficient (Wildman–Crippen LogP) is 3.90. The Bertz CT molecular complexity index is 693. The first-order valence-electron chi connectivity index (χ1n) is 11.2. The molecule has 1 heterocycles. The first-order valence-corrected chi connectivity index (χ1v) is 11.2. The molecule has 1 aromatic rings. The molecule has 158 valence electrons. The Morgan fingerprint density at radius 2 is 1.79 bits per heavy atom. The molecule has 5 heteroatoms. The number of carbonyl (C=O) groups is 2. The lowest BCUT2D eigenvalue weighted by molar-refractivity contribution is -0.137. The van der Waals surface area contributed by atoms with Gasteiger partial charge in [0.15, 0.2) is 0 Å². The van der Waals surface area contributed by atoms with Crippen molar-refractivity contribution in [3.05, 3.63) is 41.7 Å². The van der Waals surface area contributed by atoms with Crippen LogP contribution in [0.4, 0.5) is 0 Å². The molecule has 29 heavy (non-hydrogen) atoms. The van der Waals surface area contributed by atoms with Crippen LogP contribution in [0.3, 0.4) is 0 Å². The van der Waals surface area contributed by atoms with E-state index >= 15 is 0 Å². The Kier molecular flexibility index (Phi) is 8.26. The molecule has 0 atom stereocenters. The molecule has 2 aliphatic rings. The van der Waals surface area contributed by atoms with Crippen molar-refractivity contribution in [3.63, 3.8) is 0 Å². The second-order valence-electron chi connectivity index (χ2n) is 8.56. The summed E-state index contributed by atoms with van der Waals surface area (Å²) in [6, 6.07) is 3.99. The molecule has 1 saturated carbocycles. The third-order valence-corrected chi connectivity index (χ3v) is 6.44. The number of carbonyl (C=O) groups excluding carboxylic acids is 2. The summed E-state index contributed by atoms with van der Waals surface area (Å²) in [4.78, 5) is 31.1. The van der Waals surface area contributed by atoms with Crippen molar-refractivity contribution in [1.29, 1.82) is 0 Å². The Morgan fingerprint density at radius 1 is 1.07 bits per heavy atom. The average Bonchev–Trinajstić information content (AvgIpc) is 2.78. The number of amides is 2. The van der Waals surface area contributed by atoms with E-state index < -0.39 is 0 Å². The van der Waals surface area contributed by atoms with E-state index in [9.17, 15) is 9.59 Å². The van der Waals surface area contributed by atoms with Gasteiger partial charge in [-0.2, -0.15) is 0 Å². The molecule has 2 amide bonds. The van der Waals surface area contributed by atoms with Crippen molar-refractivity contribution in [1.82, 2.24) is 15.2 Å². The smallest absolute Gasteiger partial charge is 0.225 e. The van der Waals surface area contributed by atoms with Crippen LogP contribution in [-0.4, -0.2) is 41.8 Å². The van der Waals surface area contributed by atoms with Crippen molar-refractivity contribution >= 4 is 11.8 Å². The summed E-state index contributed by atoms with van der Waals surface area (Å²) in [7, 11) is 1.89. The van der Waals surface area contributed by atoms with E-state index in [-0.39, 0.29) is 23.7 Å². The van der Waals surface area contributed by atoms with Crippen LogP contribution < -0.4 is 5.32 Å². The number of hydrogen-bond acceptors (Lipinski definition) is 3. The number of rotatable bonds is 8. The Morgan fingerprint density at radius 3 is 2.48 bits per heavy atom. The number of pyridine rings is 1. The van der Waals surface area contributed by atoms with Gasteiger partial charge in [0.2, 0.25) is 11.8 Å². The number of likely N-dealkylation sites (N-methyl/N-ethyl adjacent to an activating group) is 1. The fraction of sp³-hybridized carbons (Fsp3) is 0.625. The highest BCUT2D eigenvalue weighted by molar-refractivity contribution is 5.81. The molecule has 0 bridgehead atoms. The van der Waals surface area contributed by atoms with Gasteiger partial charge in [-0.3, -0.25) is 14.6 Å². The van der Waals surface area contributed by atoms with Gasteiger partial charge in [0, 0.05) is 44.4 Å². The summed E-state index contributed by atoms with van der Waals surface area (Å²) in [5.41, 5.74) is 2.70. The molecule has 0 spiro atoms. The highest BCUT2D eigenvalue weighted by Gasteiger charge is 2.31. The van der Waals surface area contributed by atoms with Gasteiger partial charge in [-0.1, -0.05) is 11.6 Å². The largest absolute Gasteiger partial charge is 0.356 e. The van der Waals surface area contributed by atoms with E-state index in [4.69, 9.17) is 0 Å². The summed E-state index contributed by atoms with van der Waals surface area (Å²) in [6.45, 7) is 1.47. The normalized spacial score (nSPS) is 21.9. The van der Waals surface area contributed by atoms with Crippen LogP contribution in [0.1, 0.15) is 63.4 Å². The maximum Gasteiger partial charge on any atom is 0.225 e. The molecule has 1 aromatic heterocycles. The van der Waals surface area contributed by atoms with Gasteiger partial charge in [-0.15, -0.1) is 0 Å². The Labute approximate surface area is 175 Å². The monoisotopic (exact) mass is 397 g/mol. The molecule has 0 radical (unpaired) electrons. The van der Waals surface area contributed by atoms with Gasteiger partial charge in [-0.05, 0) is 81.9 Å². The van der Waals surface area contributed by atoms with Crippen LogP contribution in [0.25, 0.3) is 0 Å². The van der Waals surface area contributed by atoms with E-state index in [2.05, 4.69) is 16.4 Å². The van der Waals surface area contributed by atoms with E-state index in [0.717, 1.165) is 51.6 Å². The lowest BCUT2D eigenvalue weighted by atomic mass is 9.81. The van der Waals surface area contributed by atoms with Gasteiger partial charge in [0.25, 0.3) is 0 Å². The topological polar surface area (TPSA) is 62.3 Å². The van der Waals surface area contributed by atoms with Crippen LogP contribution in [0.15, 0.2) is 36.2 Å². The number of hydrogen-bond donors (Lipinski definition) is 1. The van der Waals surface area contributed by atoms with Gasteiger partial charge in [-0.25, -0.2) is 0 Å². The van der Waals surface area contributed by atoms with E-state index in [1.807, 2.05) is 24.1 Å². The molecule has 0 saturated heterocycles. The molecule has 1 N–H and O–H groups in total. The summed E-state index contributed by atoms with van der Waals surface area (Å²) >= 11 is 0. The standard InChI is InChI=1S/C24H35N3O2/c1-27(18-14-20-11-15-25-16-12-20)24(29)22-9-7-21(8-10-22)23(28)26-17-13-19-5-3-2-4-6-19/h5,11-12,15-16,21-22H,2-4,6-10,13-14,17-18H2,1H3,(H,26,28). The summed E-state index contributed by atoms with van der Waals surface area (Å²) in [6.07, 6.45) is 16.0. The number of allylic oxidation sites excluding steroid dienone is 1. The van der Waals surface area contributed by atoms with E-state index in [1.165, 1.54) is 36.8 Å². The third-order valence-electron chi connectivity index (χ3n) is 6.44. The molecule has 0 unspecified atom stereocenters. The maximum absolute atomic E-state index is 12.7. The number of nitrogens with one attached hydrogen (secondary N) is 1. The molecule has 0 aliphatic heterocycles. The minimum Gasteiger partial charge on any atom is -0.356 e. The SMILES string of the molecule is CN(CCc1ccncc1)C(=O)C1CCC(C(=O)NCCC2=CCCCC2)CC1. The Balaban J connectivity index is 1.34. The van der Waals surface area contributed by atoms with Crippen LogP contribution >= 0.6 is 0 Å². The predicted molar refractivity (Wildman–Crippen MR) is 115 cm³/mol. The summed E-state index contributed by atoms with van der Waals surface area (Å²) < 4.78 is 0. The fourth-order valence-corrected chi connectivity index (χ4v) is 4.49. The molecule has 5 nitrogen and oxygen atoms in total. The molecule has 2 aliphatic carbocycles. The minimum absolute atomic E-state index is 0.0638. The minimum atomic E-state index is 0.0638. The van der Waals surface area contributed by atoms with Crippen LogP contribution in [0, 0.1) is 11.8 Å². The highest BCUT2D eigenvalue weighted by atomic mass is 16.2. The molecule has 1 fully saturated rings. The molecular formula is C24H35N3O2. The van der Waals surface area contributed by atoms with Crippen molar-refractivity contribution in [2.45, 2.75) is 64.2 Å². The quantitative estimate of drug-likeness (QED) is 0.677. The van der Waals surface area contributed by atoms with Crippen LogP contribution in [0.5, 0.6) is 0 Å². The van der Waals surface area contributed by atoms with Crippen LogP contribution in [0.2, 0.25) is 0 Å². The van der Waals surface area contributed by atoms with E-state index in [1.54, 1.807) is 12.4 Å². The van der Waals surface area contributed by atoms with Gasteiger partial charge >= 0.3 is 0 Å². The van der Waals surface area contributed by atoms with Crippen molar-refractivity contribution in [3.8, 4) is 0 Å². The summed E-state index contributed by atoms with van der Waals surface area (Å²) in [5, 5.41) is 3.12. The molecular weight excluding hydrogens is 362 g/mol. The Hall–Kier alpha value is -2.17. The lowest BCUT2D eigenvalue weighted by Gasteiger charge is -2.30. The van der Waals surface area contributed by atoms with Crippen molar-refractivity contribution in [2.24, 2.45) is 11.8 Å². The lowest BCUT2D eigenvalue weighted by Crippen LogP contribution is -2.39. The third kappa shape index (κ3) is 6.69.